The van der Waals surface area contributed by atoms with Crippen LogP contribution in [-0.2, 0) is 4.79 Å². The van der Waals surface area contributed by atoms with Gasteiger partial charge in [-0.3, -0.25) is 14.2 Å². The van der Waals surface area contributed by atoms with Crippen molar-refractivity contribution in [3.05, 3.63) is 93.2 Å². The molecule has 0 radical (unpaired) electrons. The number of anilines is 1. The van der Waals surface area contributed by atoms with E-state index in [1.807, 2.05) is 60.7 Å². The predicted molar refractivity (Wildman–Crippen MR) is 152 cm³/mol. The standard InChI is InChI=1S/C27H26BrN5O2S/c1-3-32(4-2)21-13-9-19(10-14-21)17-29-31-25(34)18-36-27-30-24-8-6-5-7-23(24)26(35)33(27)22-15-11-20(28)12-16-22/h5-17H,3-4,18H2,1-2H3,(H,31,34)/b29-17-. The number of thioether (sulfide) groups is 1. The first-order valence-corrected chi connectivity index (χ1v) is 13.4. The van der Waals surface area contributed by atoms with Crippen LogP contribution in [0, 0.1) is 0 Å². The van der Waals surface area contributed by atoms with Gasteiger partial charge in [-0.15, -0.1) is 0 Å². The monoisotopic (exact) mass is 563 g/mol. The first-order valence-electron chi connectivity index (χ1n) is 11.6. The topological polar surface area (TPSA) is 79.6 Å². The van der Waals surface area contributed by atoms with E-state index >= 15 is 0 Å². The van der Waals surface area contributed by atoms with E-state index in [2.05, 4.69) is 50.2 Å². The van der Waals surface area contributed by atoms with Crippen molar-refractivity contribution in [2.45, 2.75) is 19.0 Å². The third-order valence-corrected chi connectivity index (χ3v) is 7.05. The summed E-state index contributed by atoms with van der Waals surface area (Å²) in [4.78, 5) is 32.7. The van der Waals surface area contributed by atoms with Gasteiger partial charge in [0.25, 0.3) is 11.5 Å². The first-order chi connectivity index (χ1) is 17.5. The Labute approximate surface area is 222 Å². The van der Waals surface area contributed by atoms with Gasteiger partial charge in [-0.2, -0.15) is 5.10 Å². The molecule has 3 aromatic carbocycles. The zero-order valence-electron chi connectivity index (χ0n) is 20.0. The molecule has 0 unspecified atom stereocenters. The van der Waals surface area contributed by atoms with E-state index in [1.165, 1.54) is 16.3 Å². The lowest BCUT2D eigenvalue weighted by atomic mass is 10.2. The van der Waals surface area contributed by atoms with Crippen LogP contribution >= 0.6 is 27.7 Å². The summed E-state index contributed by atoms with van der Waals surface area (Å²) in [6, 6.07) is 22.6. The van der Waals surface area contributed by atoms with Gasteiger partial charge in [-0.25, -0.2) is 10.4 Å². The molecule has 0 aliphatic rings. The number of para-hydroxylation sites is 1. The second-order valence-electron chi connectivity index (χ2n) is 7.87. The van der Waals surface area contributed by atoms with Crippen LogP contribution in [-0.4, -0.2) is 40.5 Å². The van der Waals surface area contributed by atoms with Crippen molar-refractivity contribution in [3.8, 4) is 5.69 Å². The van der Waals surface area contributed by atoms with Crippen molar-refractivity contribution >= 4 is 56.4 Å². The Bertz CT molecular complexity index is 1430. The zero-order chi connectivity index (χ0) is 25.5. The van der Waals surface area contributed by atoms with Gasteiger partial charge in [0.1, 0.15) is 0 Å². The van der Waals surface area contributed by atoms with Crippen molar-refractivity contribution in [1.29, 1.82) is 0 Å². The van der Waals surface area contributed by atoms with E-state index in [9.17, 15) is 9.59 Å². The van der Waals surface area contributed by atoms with Crippen LogP contribution in [0.3, 0.4) is 0 Å². The summed E-state index contributed by atoms with van der Waals surface area (Å²) < 4.78 is 2.44. The predicted octanol–water partition coefficient (Wildman–Crippen LogP) is 5.24. The van der Waals surface area contributed by atoms with E-state index in [1.54, 1.807) is 18.3 Å². The number of fused-ring (bicyclic) bond motifs is 1. The van der Waals surface area contributed by atoms with Crippen molar-refractivity contribution in [2.75, 3.05) is 23.7 Å². The lowest BCUT2D eigenvalue weighted by molar-refractivity contribution is -0.118. The molecule has 1 heterocycles. The molecule has 0 aliphatic heterocycles. The smallest absolute Gasteiger partial charge is 0.266 e. The van der Waals surface area contributed by atoms with Crippen LogP contribution in [0.25, 0.3) is 16.6 Å². The summed E-state index contributed by atoms with van der Waals surface area (Å²) in [5.41, 5.74) is 5.68. The van der Waals surface area contributed by atoms with E-state index in [0.29, 0.717) is 21.7 Å². The minimum atomic E-state index is -0.291. The highest BCUT2D eigenvalue weighted by Crippen LogP contribution is 2.22. The number of amides is 1. The molecule has 0 atom stereocenters. The fourth-order valence-electron chi connectivity index (χ4n) is 3.73. The number of nitrogens with zero attached hydrogens (tertiary/aromatic N) is 4. The van der Waals surface area contributed by atoms with Gasteiger partial charge in [-0.05, 0) is 67.9 Å². The number of carbonyl (C=O) groups excluding carboxylic acids is 1. The molecule has 1 amide bonds. The molecule has 0 saturated carbocycles. The minimum Gasteiger partial charge on any atom is -0.372 e. The summed E-state index contributed by atoms with van der Waals surface area (Å²) in [5, 5.41) is 5.04. The van der Waals surface area contributed by atoms with Crippen LogP contribution in [0.2, 0.25) is 0 Å². The highest BCUT2D eigenvalue weighted by Gasteiger charge is 2.14. The van der Waals surface area contributed by atoms with E-state index in [0.717, 1.165) is 28.8 Å². The van der Waals surface area contributed by atoms with E-state index in [-0.39, 0.29) is 17.2 Å². The molecule has 4 rings (SSSR count). The third-order valence-electron chi connectivity index (χ3n) is 5.59. The van der Waals surface area contributed by atoms with Gasteiger partial charge < -0.3 is 4.90 Å². The summed E-state index contributed by atoms with van der Waals surface area (Å²) >= 11 is 4.61. The lowest BCUT2D eigenvalue weighted by Crippen LogP contribution is -2.24. The largest absolute Gasteiger partial charge is 0.372 e. The Kier molecular flexibility index (Phi) is 8.56. The number of hydrogen-bond acceptors (Lipinski definition) is 6. The molecule has 7 nitrogen and oxygen atoms in total. The maximum atomic E-state index is 13.3. The van der Waals surface area contributed by atoms with Gasteiger partial charge in [0.2, 0.25) is 0 Å². The molecule has 184 valence electrons. The Balaban J connectivity index is 1.47. The fourth-order valence-corrected chi connectivity index (χ4v) is 4.80. The van der Waals surface area contributed by atoms with Gasteiger partial charge in [0.05, 0.1) is 28.6 Å². The number of halogens is 1. The Morgan fingerprint density at radius 1 is 1.06 bits per heavy atom. The Hall–Kier alpha value is -3.43. The second kappa shape index (κ2) is 12.0. The number of carbonyl (C=O) groups is 1. The number of rotatable bonds is 9. The molecule has 1 N–H and O–H groups in total. The summed E-state index contributed by atoms with van der Waals surface area (Å²) in [7, 11) is 0. The first kappa shape index (κ1) is 25.7. The van der Waals surface area contributed by atoms with E-state index in [4.69, 9.17) is 0 Å². The van der Waals surface area contributed by atoms with Crippen molar-refractivity contribution < 1.29 is 4.79 Å². The normalized spacial score (nSPS) is 11.2. The minimum absolute atomic E-state index is 0.0551. The SMILES string of the molecule is CCN(CC)c1ccc(/C=N\NC(=O)CSc2nc3ccccc3c(=O)n2-c2ccc(Br)cc2)cc1. The highest BCUT2D eigenvalue weighted by atomic mass is 79.9. The molecular formula is C27H26BrN5O2S. The fraction of sp³-hybridized carbons (Fsp3) is 0.185. The number of nitrogens with one attached hydrogen (secondary N) is 1. The lowest BCUT2D eigenvalue weighted by Gasteiger charge is -2.20. The average Bonchev–Trinajstić information content (AvgIpc) is 2.90. The number of hydrogen-bond donors (Lipinski definition) is 1. The van der Waals surface area contributed by atoms with Gasteiger partial charge in [0, 0.05) is 23.2 Å². The molecular weight excluding hydrogens is 538 g/mol. The molecule has 0 aliphatic carbocycles. The van der Waals surface area contributed by atoms with E-state index < -0.39 is 0 Å². The van der Waals surface area contributed by atoms with Gasteiger partial charge >= 0.3 is 0 Å². The maximum Gasteiger partial charge on any atom is 0.266 e. The maximum absolute atomic E-state index is 13.3. The molecule has 0 bridgehead atoms. The second-order valence-corrected chi connectivity index (χ2v) is 9.73. The number of aromatic nitrogens is 2. The summed E-state index contributed by atoms with van der Waals surface area (Å²) in [6.45, 7) is 6.13. The molecule has 0 spiro atoms. The summed E-state index contributed by atoms with van der Waals surface area (Å²) in [6.07, 6.45) is 1.61. The van der Waals surface area contributed by atoms with Gasteiger partial charge in [-0.1, -0.05) is 52.0 Å². The quantitative estimate of drug-likeness (QED) is 0.130. The van der Waals surface area contributed by atoms with Crippen LogP contribution in [0.15, 0.2) is 92.3 Å². The van der Waals surface area contributed by atoms with Crippen LogP contribution in [0.5, 0.6) is 0 Å². The van der Waals surface area contributed by atoms with Crippen molar-refractivity contribution in [2.24, 2.45) is 5.10 Å². The molecule has 0 saturated heterocycles. The van der Waals surface area contributed by atoms with Gasteiger partial charge in [0.15, 0.2) is 5.16 Å². The van der Waals surface area contributed by atoms with Crippen LogP contribution in [0.1, 0.15) is 19.4 Å². The van der Waals surface area contributed by atoms with Crippen LogP contribution < -0.4 is 15.9 Å². The Morgan fingerprint density at radius 3 is 2.44 bits per heavy atom. The molecule has 4 aromatic rings. The average molecular weight is 565 g/mol. The van der Waals surface area contributed by atoms with Crippen LogP contribution in [0.4, 0.5) is 5.69 Å². The van der Waals surface area contributed by atoms with Crippen molar-refractivity contribution in [3.63, 3.8) is 0 Å². The van der Waals surface area contributed by atoms with Crippen molar-refractivity contribution in [1.82, 2.24) is 15.0 Å². The number of benzene rings is 3. The molecule has 0 fully saturated rings. The highest BCUT2D eigenvalue weighted by molar-refractivity contribution is 9.10. The number of hydrazone groups is 1. The Morgan fingerprint density at radius 2 is 1.75 bits per heavy atom. The molecule has 1 aromatic heterocycles. The molecule has 9 heteroatoms. The third kappa shape index (κ3) is 6.03. The zero-order valence-corrected chi connectivity index (χ0v) is 22.4. The summed E-state index contributed by atoms with van der Waals surface area (Å²) in [5.74, 6) is -0.236. The molecule has 36 heavy (non-hydrogen) atoms.